The number of halogens is 1. The van der Waals surface area contributed by atoms with Crippen molar-refractivity contribution in [3.8, 4) is 5.75 Å². The van der Waals surface area contributed by atoms with Gasteiger partial charge in [-0.3, -0.25) is 4.79 Å². The number of nitrogens with zero attached hydrogens (tertiary/aromatic N) is 3. The molecule has 2 aromatic rings. The zero-order chi connectivity index (χ0) is 25.7. The van der Waals surface area contributed by atoms with Gasteiger partial charge in [0.05, 0.1) is 17.5 Å². The van der Waals surface area contributed by atoms with E-state index in [0.29, 0.717) is 44.2 Å². The molecule has 8 nitrogen and oxygen atoms in total. The van der Waals surface area contributed by atoms with E-state index < -0.39 is 23.8 Å². The van der Waals surface area contributed by atoms with Crippen LogP contribution in [-0.2, 0) is 25.5 Å². The fourth-order valence-electron chi connectivity index (χ4n) is 4.72. The summed E-state index contributed by atoms with van der Waals surface area (Å²) in [5.74, 6) is -0.487. The Labute approximate surface area is 217 Å². The monoisotopic (exact) mass is 515 g/mol. The molecule has 0 unspecified atom stereocenters. The summed E-state index contributed by atoms with van der Waals surface area (Å²) >= 11 is 5.96. The first-order chi connectivity index (χ1) is 17.3. The van der Waals surface area contributed by atoms with Crippen LogP contribution in [0.2, 0.25) is 5.02 Å². The second-order valence-electron chi connectivity index (χ2n) is 9.58. The van der Waals surface area contributed by atoms with Gasteiger partial charge in [0.15, 0.2) is 6.10 Å². The molecule has 0 spiro atoms. The van der Waals surface area contributed by atoms with E-state index in [0.717, 1.165) is 30.0 Å². The molecule has 1 aromatic carbocycles. The van der Waals surface area contributed by atoms with Gasteiger partial charge in [0, 0.05) is 46.2 Å². The standard InChI is InChI=1S/C27H34ClN3O5/c1-4-34-21-11-8-19(9-12-21)6-5-7-22(24-26(33)36-27(2,3)35-24)25(32)31-16-14-30(15-17-31)23-13-10-20(28)18-29-23/h8-13,18,22,24H,4-7,14-17H2,1-3H3/t22-,24+/m1/s1. The molecule has 194 valence electrons. The van der Waals surface area contributed by atoms with E-state index in [-0.39, 0.29) is 5.91 Å². The predicted molar refractivity (Wildman–Crippen MR) is 137 cm³/mol. The molecule has 9 heteroatoms. The van der Waals surface area contributed by atoms with Gasteiger partial charge in [-0.15, -0.1) is 0 Å². The molecule has 0 bridgehead atoms. The topological polar surface area (TPSA) is 81.2 Å². The summed E-state index contributed by atoms with van der Waals surface area (Å²) in [4.78, 5) is 34.7. The second-order valence-corrected chi connectivity index (χ2v) is 10.0. The molecule has 0 saturated carbocycles. The van der Waals surface area contributed by atoms with Crippen molar-refractivity contribution >= 4 is 29.3 Å². The average Bonchev–Trinajstić information content (AvgIpc) is 3.15. The molecule has 1 aromatic heterocycles. The third-order valence-corrected chi connectivity index (χ3v) is 6.74. The number of benzene rings is 1. The molecular formula is C27H34ClN3O5. The molecule has 2 aliphatic rings. The molecule has 1 amide bonds. The van der Waals surface area contributed by atoms with Crippen LogP contribution in [0.1, 0.15) is 39.2 Å². The Morgan fingerprint density at radius 3 is 2.47 bits per heavy atom. The molecule has 2 fully saturated rings. The number of pyridine rings is 1. The highest BCUT2D eigenvalue weighted by Gasteiger charge is 2.48. The quantitative estimate of drug-likeness (QED) is 0.465. The third kappa shape index (κ3) is 6.48. The lowest BCUT2D eigenvalue weighted by molar-refractivity contribution is -0.162. The van der Waals surface area contributed by atoms with Gasteiger partial charge in [-0.1, -0.05) is 23.7 Å². The lowest BCUT2D eigenvalue weighted by atomic mass is 9.92. The van der Waals surface area contributed by atoms with Crippen molar-refractivity contribution in [2.45, 2.75) is 51.9 Å². The van der Waals surface area contributed by atoms with E-state index in [9.17, 15) is 9.59 Å². The van der Waals surface area contributed by atoms with Crippen LogP contribution >= 0.6 is 11.6 Å². The van der Waals surface area contributed by atoms with Crippen LogP contribution in [-0.4, -0.2) is 66.4 Å². The molecule has 0 radical (unpaired) electrons. The van der Waals surface area contributed by atoms with Crippen LogP contribution < -0.4 is 9.64 Å². The van der Waals surface area contributed by atoms with Crippen LogP contribution in [0, 0.1) is 5.92 Å². The van der Waals surface area contributed by atoms with Crippen LogP contribution in [0.3, 0.4) is 0 Å². The highest BCUT2D eigenvalue weighted by atomic mass is 35.5. The fraction of sp³-hybridized carbons (Fsp3) is 0.519. The number of cyclic esters (lactones) is 1. The van der Waals surface area contributed by atoms with Gasteiger partial charge in [0.2, 0.25) is 11.7 Å². The maximum atomic E-state index is 13.7. The molecular weight excluding hydrogens is 482 g/mol. The number of hydrogen-bond acceptors (Lipinski definition) is 7. The Kier molecular flexibility index (Phi) is 8.36. The summed E-state index contributed by atoms with van der Waals surface area (Å²) in [6.07, 6.45) is 2.79. The Bertz CT molecular complexity index is 1040. The van der Waals surface area contributed by atoms with E-state index in [1.54, 1.807) is 20.0 Å². The van der Waals surface area contributed by atoms with Crippen molar-refractivity contribution in [2.24, 2.45) is 5.92 Å². The largest absolute Gasteiger partial charge is 0.494 e. The summed E-state index contributed by atoms with van der Waals surface area (Å²) in [6.45, 7) is 8.38. The fourth-order valence-corrected chi connectivity index (χ4v) is 4.83. The highest BCUT2D eigenvalue weighted by molar-refractivity contribution is 6.30. The number of carbonyl (C=O) groups is 2. The second kappa shape index (κ2) is 11.5. The molecule has 4 rings (SSSR count). The van der Waals surface area contributed by atoms with Gasteiger partial charge in [-0.05, 0) is 56.0 Å². The first-order valence-electron chi connectivity index (χ1n) is 12.5. The van der Waals surface area contributed by atoms with Crippen LogP contribution in [0.25, 0.3) is 0 Å². The number of ether oxygens (including phenoxy) is 3. The van der Waals surface area contributed by atoms with Crippen molar-refractivity contribution in [2.75, 3.05) is 37.7 Å². The number of anilines is 1. The molecule has 36 heavy (non-hydrogen) atoms. The summed E-state index contributed by atoms with van der Waals surface area (Å²) in [5, 5.41) is 0.590. The first kappa shape index (κ1) is 26.2. The van der Waals surface area contributed by atoms with Gasteiger partial charge in [0.25, 0.3) is 0 Å². The number of carbonyl (C=O) groups excluding carboxylic acids is 2. The summed E-state index contributed by atoms with van der Waals surface area (Å²) in [7, 11) is 0. The van der Waals surface area contributed by atoms with E-state index in [2.05, 4.69) is 9.88 Å². The van der Waals surface area contributed by atoms with Gasteiger partial charge in [-0.25, -0.2) is 9.78 Å². The van der Waals surface area contributed by atoms with Crippen molar-refractivity contribution in [1.82, 2.24) is 9.88 Å². The average molecular weight is 516 g/mol. The SMILES string of the molecule is CCOc1ccc(CCC[C@@H](C(=O)N2CCN(c3ccc(Cl)cn3)CC2)[C@@H]2OC(C)(C)OC2=O)cc1. The normalized spacial score (nSPS) is 20.2. The lowest BCUT2D eigenvalue weighted by Crippen LogP contribution is -2.52. The highest BCUT2D eigenvalue weighted by Crippen LogP contribution is 2.32. The maximum absolute atomic E-state index is 13.7. The zero-order valence-electron chi connectivity index (χ0n) is 21.1. The van der Waals surface area contributed by atoms with Gasteiger partial charge >= 0.3 is 5.97 Å². The number of piperazine rings is 1. The summed E-state index contributed by atoms with van der Waals surface area (Å²) < 4.78 is 16.8. The van der Waals surface area contributed by atoms with E-state index >= 15 is 0 Å². The van der Waals surface area contributed by atoms with E-state index in [4.69, 9.17) is 25.8 Å². The van der Waals surface area contributed by atoms with Crippen LogP contribution in [0.4, 0.5) is 5.82 Å². The number of aromatic nitrogens is 1. The smallest absolute Gasteiger partial charge is 0.338 e. The minimum atomic E-state index is -1.03. The van der Waals surface area contributed by atoms with Crippen LogP contribution in [0.5, 0.6) is 5.75 Å². The summed E-state index contributed by atoms with van der Waals surface area (Å²) in [6, 6.07) is 11.7. The van der Waals surface area contributed by atoms with Crippen molar-refractivity contribution in [1.29, 1.82) is 0 Å². The molecule has 2 saturated heterocycles. The molecule has 2 atom stereocenters. The Morgan fingerprint density at radius 1 is 1.17 bits per heavy atom. The number of amides is 1. The summed E-state index contributed by atoms with van der Waals surface area (Å²) in [5.41, 5.74) is 1.16. The van der Waals surface area contributed by atoms with Gasteiger partial charge in [0.1, 0.15) is 11.6 Å². The zero-order valence-corrected chi connectivity index (χ0v) is 21.9. The molecule has 3 heterocycles. The minimum absolute atomic E-state index is 0.0648. The molecule has 0 N–H and O–H groups in total. The minimum Gasteiger partial charge on any atom is -0.494 e. The Morgan fingerprint density at radius 2 is 1.89 bits per heavy atom. The number of rotatable bonds is 9. The van der Waals surface area contributed by atoms with Gasteiger partial charge < -0.3 is 24.0 Å². The molecule has 0 aliphatic carbocycles. The van der Waals surface area contributed by atoms with Gasteiger partial charge in [-0.2, -0.15) is 0 Å². The number of hydrogen-bond donors (Lipinski definition) is 0. The molecule has 2 aliphatic heterocycles. The predicted octanol–water partition coefficient (Wildman–Crippen LogP) is 4.10. The number of esters is 1. The first-order valence-corrected chi connectivity index (χ1v) is 12.9. The van der Waals surface area contributed by atoms with Crippen LogP contribution in [0.15, 0.2) is 42.6 Å². The van der Waals surface area contributed by atoms with E-state index in [1.165, 1.54) is 0 Å². The Hall–Kier alpha value is -2.84. The third-order valence-electron chi connectivity index (χ3n) is 6.51. The van der Waals surface area contributed by atoms with Crippen molar-refractivity contribution < 1.29 is 23.8 Å². The number of aryl methyl sites for hydroxylation is 1. The van der Waals surface area contributed by atoms with Crippen molar-refractivity contribution in [3.63, 3.8) is 0 Å². The lowest BCUT2D eigenvalue weighted by Gasteiger charge is -2.37. The van der Waals surface area contributed by atoms with Crippen molar-refractivity contribution in [3.05, 3.63) is 53.2 Å². The maximum Gasteiger partial charge on any atom is 0.338 e. The van der Waals surface area contributed by atoms with E-state index in [1.807, 2.05) is 48.2 Å². The Balaban J connectivity index is 1.39.